The zero-order chi connectivity index (χ0) is 17.5. The van der Waals surface area contributed by atoms with Gasteiger partial charge in [-0.2, -0.15) is 18.3 Å². The van der Waals surface area contributed by atoms with E-state index in [1.165, 1.54) is 7.11 Å². The monoisotopic (exact) mass is 341 g/mol. The highest BCUT2D eigenvalue weighted by Crippen LogP contribution is 2.45. The van der Waals surface area contributed by atoms with Crippen molar-refractivity contribution in [2.24, 2.45) is 0 Å². The number of ether oxygens (including phenoxy) is 1. The van der Waals surface area contributed by atoms with Crippen molar-refractivity contribution in [3.05, 3.63) is 41.6 Å². The molecule has 2 atom stereocenters. The SMILES string of the molecule is COc1ccccc1C1CC(C(F)(F)F)n2ncc(C(=O)O)c2N1. The first-order valence-corrected chi connectivity index (χ1v) is 7.10. The van der Waals surface area contributed by atoms with Crippen molar-refractivity contribution < 1.29 is 27.8 Å². The number of rotatable bonds is 3. The molecule has 0 radical (unpaired) electrons. The number of nitrogens with one attached hydrogen (secondary N) is 1. The Labute approximate surface area is 134 Å². The molecule has 0 bridgehead atoms. The Morgan fingerprint density at radius 3 is 2.75 bits per heavy atom. The average molecular weight is 341 g/mol. The van der Waals surface area contributed by atoms with Crippen molar-refractivity contribution in [1.82, 2.24) is 9.78 Å². The van der Waals surface area contributed by atoms with Crippen LogP contribution in [0.25, 0.3) is 0 Å². The highest BCUT2D eigenvalue weighted by Gasteiger charge is 2.47. The van der Waals surface area contributed by atoms with E-state index < -0.39 is 24.2 Å². The Kier molecular flexibility index (Phi) is 3.86. The van der Waals surface area contributed by atoms with Crippen LogP contribution in [0.5, 0.6) is 5.75 Å². The van der Waals surface area contributed by atoms with Crippen molar-refractivity contribution in [1.29, 1.82) is 0 Å². The maximum Gasteiger partial charge on any atom is 0.410 e. The van der Waals surface area contributed by atoms with Gasteiger partial charge in [0.05, 0.1) is 19.3 Å². The minimum atomic E-state index is -4.56. The summed E-state index contributed by atoms with van der Waals surface area (Å²) < 4.78 is 46.2. The molecule has 1 aliphatic rings. The summed E-state index contributed by atoms with van der Waals surface area (Å²) >= 11 is 0. The molecule has 3 rings (SSSR count). The van der Waals surface area contributed by atoms with Gasteiger partial charge < -0.3 is 15.2 Å². The summed E-state index contributed by atoms with van der Waals surface area (Å²) in [7, 11) is 1.43. The molecule has 6 nitrogen and oxygen atoms in total. The van der Waals surface area contributed by atoms with Gasteiger partial charge in [-0.25, -0.2) is 9.48 Å². The number of hydrogen-bond acceptors (Lipinski definition) is 4. The van der Waals surface area contributed by atoms with Crippen molar-refractivity contribution in [3.8, 4) is 5.75 Å². The number of anilines is 1. The largest absolute Gasteiger partial charge is 0.496 e. The Bertz CT molecular complexity index is 773. The number of halogens is 3. The summed E-state index contributed by atoms with van der Waals surface area (Å²) in [6, 6.07) is 4.01. The molecule has 0 spiro atoms. The maximum atomic E-state index is 13.4. The van der Waals surface area contributed by atoms with E-state index in [4.69, 9.17) is 4.74 Å². The van der Waals surface area contributed by atoms with Crippen molar-refractivity contribution >= 4 is 11.8 Å². The summed E-state index contributed by atoms with van der Waals surface area (Å²) in [6.07, 6.45) is -3.95. The number of fused-ring (bicyclic) bond motifs is 1. The normalized spacial score (nSPS) is 20.2. The summed E-state index contributed by atoms with van der Waals surface area (Å²) in [4.78, 5) is 11.3. The third-order valence-electron chi connectivity index (χ3n) is 3.98. The molecule has 0 aliphatic carbocycles. The molecule has 2 aromatic rings. The van der Waals surface area contributed by atoms with Crippen molar-refractivity contribution in [3.63, 3.8) is 0 Å². The van der Waals surface area contributed by atoms with E-state index in [0.29, 0.717) is 16.0 Å². The molecule has 0 saturated carbocycles. The first-order chi connectivity index (χ1) is 11.3. The van der Waals surface area contributed by atoms with Gasteiger partial charge in [0.1, 0.15) is 17.1 Å². The van der Waals surface area contributed by atoms with Gasteiger partial charge >= 0.3 is 12.1 Å². The molecule has 128 valence electrons. The van der Waals surface area contributed by atoms with E-state index in [1.807, 2.05) is 0 Å². The molecular formula is C15H14F3N3O3. The second-order valence-corrected chi connectivity index (χ2v) is 5.39. The van der Waals surface area contributed by atoms with Gasteiger partial charge in [-0.05, 0) is 6.07 Å². The van der Waals surface area contributed by atoms with Gasteiger partial charge in [0.2, 0.25) is 0 Å². The number of carbonyl (C=O) groups is 1. The zero-order valence-corrected chi connectivity index (χ0v) is 12.5. The second kappa shape index (κ2) is 5.73. The van der Waals surface area contributed by atoms with Crippen LogP contribution in [-0.2, 0) is 0 Å². The van der Waals surface area contributed by atoms with Crippen LogP contribution in [-0.4, -0.2) is 34.1 Å². The molecule has 1 aromatic carbocycles. The number of carboxylic acid groups (broad SMARTS) is 1. The van der Waals surface area contributed by atoms with Crippen LogP contribution >= 0.6 is 0 Å². The number of carboxylic acids is 1. The van der Waals surface area contributed by atoms with Crippen LogP contribution in [0.2, 0.25) is 0 Å². The van der Waals surface area contributed by atoms with Crippen LogP contribution < -0.4 is 10.1 Å². The van der Waals surface area contributed by atoms with Gasteiger partial charge in [0.15, 0.2) is 6.04 Å². The molecular weight excluding hydrogens is 327 g/mol. The third kappa shape index (κ3) is 2.66. The van der Waals surface area contributed by atoms with E-state index >= 15 is 0 Å². The van der Waals surface area contributed by atoms with Crippen LogP contribution in [0.1, 0.15) is 34.4 Å². The van der Waals surface area contributed by atoms with E-state index in [-0.39, 0.29) is 17.8 Å². The van der Waals surface area contributed by atoms with Crippen LogP contribution in [0.3, 0.4) is 0 Å². The van der Waals surface area contributed by atoms with Crippen molar-refractivity contribution in [2.45, 2.75) is 24.7 Å². The van der Waals surface area contributed by atoms with E-state index in [2.05, 4.69) is 10.4 Å². The molecule has 0 amide bonds. The topological polar surface area (TPSA) is 76.4 Å². The number of aromatic nitrogens is 2. The lowest BCUT2D eigenvalue weighted by Crippen LogP contribution is -2.36. The highest BCUT2D eigenvalue weighted by atomic mass is 19.4. The first-order valence-electron chi connectivity index (χ1n) is 7.10. The Hall–Kier alpha value is -2.71. The molecule has 2 N–H and O–H groups in total. The van der Waals surface area contributed by atoms with Gasteiger partial charge in [0.25, 0.3) is 0 Å². The van der Waals surface area contributed by atoms with Crippen LogP contribution in [0.4, 0.5) is 19.0 Å². The quantitative estimate of drug-likeness (QED) is 0.896. The molecule has 0 saturated heterocycles. The molecule has 9 heteroatoms. The number of para-hydroxylation sites is 1. The smallest absolute Gasteiger partial charge is 0.410 e. The van der Waals surface area contributed by atoms with E-state index in [0.717, 1.165) is 6.20 Å². The number of nitrogens with zero attached hydrogens (tertiary/aromatic N) is 2. The fourth-order valence-electron chi connectivity index (χ4n) is 2.88. The lowest BCUT2D eigenvalue weighted by Gasteiger charge is -2.34. The second-order valence-electron chi connectivity index (χ2n) is 5.39. The number of hydrogen-bond donors (Lipinski definition) is 2. The predicted octanol–water partition coefficient (Wildman–Crippen LogP) is 3.25. The third-order valence-corrected chi connectivity index (χ3v) is 3.98. The molecule has 24 heavy (non-hydrogen) atoms. The molecule has 2 unspecified atom stereocenters. The van der Waals surface area contributed by atoms with Gasteiger partial charge in [-0.3, -0.25) is 0 Å². The number of alkyl halides is 3. The predicted molar refractivity (Wildman–Crippen MR) is 78.3 cm³/mol. The fourth-order valence-corrected chi connectivity index (χ4v) is 2.88. The Morgan fingerprint density at radius 2 is 2.12 bits per heavy atom. The minimum absolute atomic E-state index is 0.160. The summed E-state index contributed by atoms with van der Waals surface area (Å²) in [5.74, 6) is -1.07. The summed E-state index contributed by atoms with van der Waals surface area (Å²) in [5, 5.41) is 15.7. The minimum Gasteiger partial charge on any atom is -0.496 e. The number of benzene rings is 1. The highest BCUT2D eigenvalue weighted by molar-refractivity contribution is 5.93. The zero-order valence-electron chi connectivity index (χ0n) is 12.5. The van der Waals surface area contributed by atoms with E-state index in [9.17, 15) is 23.1 Å². The van der Waals surface area contributed by atoms with E-state index in [1.54, 1.807) is 24.3 Å². The average Bonchev–Trinajstić information content (AvgIpc) is 2.96. The summed E-state index contributed by atoms with van der Waals surface area (Å²) in [6.45, 7) is 0. The summed E-state index contributed by atoms with van der Waals surface area (Å²) in [5.41, 5.74) is 0.224. The number of methoxy groups -OCH3 is 1. The van der Waals surface area contributed by atoms with Crippen LogP contribution in [0.15, 0.2) is 30.5 Å². The Morgan fingerprint density at radius 1 is 1.42 bits per heavy atom. The number of aromatic carboxylic acids is 1. The standard InChI is InChI=1S/C15H14F3N3O3/c1-24-11-5-3-2-4-8(11)10-6-12(15(16,17)18)21-13(20-10)9(7-19-21)14(22)23/h2-5,7,10,12,20H,6H2,1H3,(H,22,23). The van der Waals surface area contributed by atoms with Gasteiger partial charge in [-0.1, -0.05) is 18.2 Å². The van der Waals surface area contributed by atoms with Crippen molar-refractivity contribution in [2.75, 3.05) is 12.4 Å². The molecule has 1 aliphatic heterocycles. The lowest BCUT2D eigenvalue weighted by atomic mass is 9.96. The molecule has 2 heterocycles. The first kappa shape index (κ1) is 16.2. The maximum absolute atomic E-state index is 13.4. The molecule has 0 fully saturated rings. The van der Waals surface area contributed by atoms with Crippen LogP contribution in [0, 0.1) is 0 Å². The Balaban J connectivity index is 2.09. The lowest BCUT2D eigenvalue weighted by molar-refractivity contribution is -0.173. The fraction of sp³-hybridized carbons (Fsp3) is 0.333. The van der Waals surface area contributed by atoms with Gasteiger partial charge in [-0.15, -0.1) is 0 Å². The van der Waals surface area contributed by atoms with Gasteiger partial charge in [0, 0.05) is 12.0 Å². The molecule has 1 aromatic heterocycles.